The third-order valence-electron chi connectivity index (χ3n) is 4.36. The maximum Gasteiger partial charge on any atom is 0.255 e. The average Bonchev–Trinajstić information content (AvgIpc) is 2.64. The van der Waals surface area contributed by atoms with Crippen LogP contribution in [0.5, 0.6) is 0 Å². The number of amides is 1. The van der Waals surface area contributed by atoms with E-state index in [0.29, 0.717) is 11.5 Å². The monoisotopic (exact) mass is 340 g/mol. The molecule has 1 atom stereocenters. The summed E-state index contributed by atoms with van der Waals surface area (Å²) in [6.45, 7) is 4.30. The smallest absolute Gasteiger partial charge is 0.255 e. The highest BCUT2D eigenvalue weighted by atomic mass is 32.2. The Morgan fingerprint density at radius 2 is 1.92 bits per heavy atom. The van der Waals surface area contributed by atoms with Crippen molar-refractivity contribution in [2.75, 3.05) is 24.2 Å². The largest absolute Gasteiger partial charge is 0.322 e. The number of nitrogens with one attached hydrogen (secondary N) is 2. The Balaban J connectivity index is 1.61. The van der Waals surface area contributed by atoms with E-state index < -0.39 is 0 Å². The predicted molar refractivity (Wildman–Crippen MR) is 102 cm³/mol. The number of anilines is 1. The number of thioether (sulfide) groups is 1. The number of benzene rings is 2. The fourth-order valence-electron chi connectivity index (χ4n) is 3.05. The van der Waals surface area contributed by atoms with Crippen LogP contribution in [0.25, 0.3) is 0 Å². The van der Waals surface area contributed by atoms with Gasteiger partial charge in [0.1, 0.15) is 0 Å². The first kappa shape index (κ1) is 17.1. The van der Waals surface area contributed by atoms with Gasteiger partial charge in [0.25, 0.3) is 5.91 Å². The Labute approximate surface area is 148 Å². The van der Waals surface area contributed by atoms with Crippen LogP contribution < -0.4 is 10.6 Å². The van der Waals surface area contributed by atoms with Crippen molar-refractivity contribution in [3.8, 4) is 0 Å². The van der Waals surface area contributed by atoms with Crippen LogP contribution >= 0.6 is 11.8 Å². The number of hydrogen-bond donors (Lipinski definition) is 2. The van der Waals surface area contributed by atoms with E-state index in [9.17, 15) is 4.79 Å². The van der Waals surface area contributed by atoms with Crippen LogP contribution in [0.3, 0.4) is 0 Å². The summed E-state index contributed by atoms with van der Waals surface area (Å²) in [7, 11) is 0. The molecule has 0 bridgehead atoms. The molecule has 1 heterocycles. The van der Waals surface area contributed by atoms with Crippen LogP contribution in [-0.4, -0.2) is 24.7 Å². The lowest BCUT2D eigenvalue weighted by molar-refractivity contribution is 0.102. The van der Waals surface area contributed by atoms with Gasteiger partial charge in [0.15, 0.2) is 0 Å². The molecule has 1 saturated heterocycles. The minimum atomic E-state index is -0.0601. The molecule has 3 nitrogen and oxygen atoms in total. The zero-order valence-electron chi connectivity index (χ0n) is 14.0. The zero-order valence-corrected chi connectivity index (χ0v) is 14.9. The average molecular weight is 340 g/mol. The van der Waals surface area contributed by atoms with Gasteiger partial charge in [-0.2, -0.15) is 0 Å². The van der Waals surface area contributed by atoms with Crippen molar-refractivity contribution in [3.05, 3.63) is 59.7 Å². The Morgan fingerprint density at radius 1 is 1.17 bits per heavy atom. The summed E-state index contributed by atoms with van der Waals surface area (Å²) < 4.78 is 0. The molecule has 24 heavy (non-hydrogen) atoms. The van der Waals surface area contributed by atoms with Gasteiger partial charge in [0, 0.05) is 22.7 Å². The number of piperidine rings is 1. The standard InChI is InChI=1S/C20H24N2OS/c1-2-24-19-11-7-16(8-12-19)20(23)22-18-9-5-15(6-10-18)17-4-3-13-21-14-17/h5-12,17,21H,2-4,13-14H2,1H3,(H,22,23). The molecule has 126 valence electrons. The first-order chi connectivity index (χ1) is 11.8. The maximum absolute atomic E-state index is 12.3. The van der Waals surface area contributed by atoms with Gasteiger partial charge in [-0.1, -0.05) is 19.1 Å². The van der Waals surface area contributed by atoms with E-state index >= 15 is 0 Å². The minimum Gasteiger partial charge on any atom is -0.322 e. The molecule has 2 aromatic rings. The quantitative estimate of drug-likeness (QED) is 0.787. The molecule has 1 fully saturated rings. The van der Waals surface area contributed by atoms with Gasteiger partial charge >= 0.3 is 0 Å². The summed E-state index contributed by atoms with van der Waals surface area (Å²) in [5.74, 6) is 1.57. The van der Waals surface area contributed by atoms with Gasteiger partial charge in [0.2, 0.25) is 0 Å². The fourth-order valence-corrected chi connectivity index (χ4v) is 3.71. The molecule has 2 N–H and O–H groups in total. The van der Waals surface area contributed by atoms with E-state index in [-0.39, 0.29) is 5.91 Å². The summed E-state index contributed by atoms with van der Waals surface area (Å²) in [4.78, 5) is 13.5. The summed E-state index contributed by atoms with van der Waals surface area (Å²) >= 11 is 1.78. The van der Waals surface area contributed by atoms with Crippen LogP contribution in [-0.2, 0) is 0 Å². The summed E-state index contributed by atoms with van der Waals surface area (Å²) in [5, 5.41) is 6.42. The van der Waals surface area contributed by atoms with Crippen molar-refractivity contribution in [1.29, 1.82) is 0 Å². The van der Waals surface area contributed by atoms with Gasteiger partial charge in [-0.15, -0.1) is 11.8 Å². The highest BCUT2D eigenvalue weighted by Gasteiger charge is 2.15. The molecule has 4 heteroatoms. The van der Waals surface area contributed by atoms with Crippen LogP contribution in [0.1, 0.15) is 41.6 Å². The van der Waals surface area contributed by atoms with Crippen LogP contribution in [0.4, 0.5) is 5.69 Å². The lowest BCUT2D eigenvalue weighted by Gasteiger charge is -2.23. The Hall–Kier alpha value is -1.78. The Morgan fingerprint density at radius 3 is 2.54 bits per heavy atom. The third-order valence-corrected chi connectivity index (χ3v) is 5.26. The normalized spacial score (nSPS) is 17.5. The summed E-state index contributed by atoms with van der Waals surface area (Å²) in [6, 6.07) is 16.0. The van der Waals surface area contributed by atoms with Crippen molar-refractivity contribution in [2.45, 2.75) is 30.6 Å². The van der Waals surface area contributed by atoms with Gasteiger partial charge in [0.05, 0.1) is 0 Å². The minimum absolute atomic E-state index is 0.0601. The second kappa shape index (κ2) is 8.36. The van der Waals surface area contributed by atoms with E-state index in [1.54, 1.807) is 11.8 Å². The Kier molecular flexibility index (Phi) is 5.94. The third kappa shape index (κ3) is 4.40. The molecule has 0 aliphatic carbocycles. The molecule has 0 saturated carbocycles. The first-order valence-corrected chi connectivity index (χ1v) is 9.59. The second-order valence-electron chi connectivity index (χ2n) is 6.08. The molecular formula is C20H24N2OS. The van der Waals surface area contributed by atoms with E-state index in [1.807, 2.05) is 36.4 Å². The number of rotatable bonds is 5. The fraction of sp³-hybridized carbons (Fsp3) is 0.350. The molecular weight excluding hydrogens is 316 g/mol. The van der Waals surface area contributed by atoms with Crippen LogP contribution in [0.2, 0.25) is 0 Å². The highest BCUT2D eigenvalue weighted by Crippen LogP contribution is 2.24. The van der Waals surface area contributed by atoms with Crippen molar-refractivity contribution < 1.29 is 4.79 Å². The molecule has 3 rings (SSSR count). The van der Waals surface area contributed by atoms with Gasteiger partial charge in [-0.3, -0.25) is 4.79 Å². The first-order valence-electron chi connectivity index (χ1n) is 8.61. The number of carbonyl (C=O) groups is 1. The molecule has 2 aromatic carbocycles. The van der Waals surface area contributed by atoms with Crippen molar-refractivity contribution in [2.24, 2.45) is 0 Å². The van der Waals surface area contributed by atoms with Gasteiger partial charge in [-0.05, 0) is 73.0 Å². The maximum atomic E-state index is 12.3. The zero-order chi connectivity index (χ0) is 16.8. The van der Waals surface area contributed by atoms with E-state index in [2.05, 4.69) is 29.7 Å². The molecule has 0 aromatic heterocycles. The van der Waals surface area contributed by atoms with Crippen molar-refractivity contribution >= 4 is 23.4 Å². The number of hydrogen-bond acceptors (Lipinski definition) is 3. The summed E-state index contributed by atoms with van der Waals surface area (Å²) in [6.07, 6.45) is 2.47. The molecule has 0 radical (unpaired) electrons. The lowest BCUT2D eigenvalue weighted by Crippen LogP contribution is -2.28. The summed E-state index contributed by atoms with van der Waals surface area (Å²) in [5.41, 5.74) is 2.89. The molecule has 1 aliphatic rings. The molecule has 1 unspecified atom stereocenters. The Bertz CT molecular complexity index is 661. The van der Waals surface area contributed by atoms with E-state index in [1.165, 1.54) is 23.3 Å². The van der Waals surface area contributed by atoms with Crippen molar-refractivity contribution in [1.82, 2.24) is 5.32 Å². The number of carbonyl (C=O) groups excluding carboxylic acids is 1. The molecule has 0 spiro atoms. The van der Waals surface area contributed by atoms with Crippen LogP contribution in [0, 0.1) is 0 Å². The topological polar surface area (TPSA) is 41.1 Å². The van der Waals surface area contributed by atoms with Crippen LogP contribution in [0.15, 0.2) is 53.4 Å². The van der Waals surface area contributed by atoms with Crippen molar-refractivity contribution in [3.63, 3.8) is 0 Å². The van der Waals surface area contributed by atoms with E-state index in [4.69, 9.17) is 0 Å². The lowest BCUT2D eigenvalue weighted by atomic mass is 9.91. The van der Waals surface area contributed by atoms with Gasteiger partial charge < -0.3 is 10.6 Å². The molecule has 1 amide bonds. The molecule has 1 aliphatic heterocycles. The highest BCUT2D eigenvalue weighted by molar-refractivity contribution is 7.99. The van der Waals surface area contributed by atoms with E-state index in [0.717, 1.165) is 24.5 Å². The predicted octanol–water partition coefficient (Wildman–Crippen LogP) is 4.52. The SMILES string of the molecule is CCSc1ccc(C(=O)Nc2ccc(C3CCCNC3)cc2)cc1. The van der Waals surface area contributed by atoms with Gasteiger partial charge in [-0.25, -0.2) is 0 Å². The second-order valence-corrected chi connectivity index (χ2v) is 7.41.